The zero-order chi connectivity index (χ0) is 19.2. The fourth-order valence-corrected chi connectivity index (χ4v) is 3.81. The van der Waals surface area contributed by atoms with Gasteiger partial charge < -0.3 is 15.4 Å². The second kappa shape index (κ2) is 9.36. The zero-order valence-corrected chi connectivity index (χ0v) is 16.5. The number of rotatable bonds is 7. The second-order valence-corrected chi connectivity index (χ2v) is 7.69. The van der Waals surface area contributed by atoms with Gasteiger partial charge in [-0.25, -0.2) is 0 Å². The van der Waals surface area contributed by atoms with Gasteiger partial charge in [-0.2, -0.15) is 0 Å². The van der Waals surface area contributed by atoms with Crippen molar-refractivity contribution in [1.82, 2.24) is 4.90 Å². The molecule has 2 aromatic carbocycles. The lowest BCUT2D eigenvalue weighted by atomic mass is 9.88. The Balaban J connectivity index is 1.46. The highest BCUT2D eigenvalue weighted by molar-refractivity contribution is 6.30. The first kappa shape index (κ1) is 19.9. The Morgan fingerprint density at radius 1 is 1.15 bits per heavy atom. The summed E-state index contributed by atoms with van der Waals surface area (Å²) in [5, 5.41) is 0.746. The van der Waals surface area contributed by atoms with E-state index in [9.17, 15) is 4.79 Å². The highest BCUT2D eigenvalue weighted by atomic mass is 35.5. The molecular weight excluding hydrogens is 360 g/mol. The van der Waals surface area contributed by atoms with Crippen LogP contribution in [-0.2, 0) is 6.42 Å². The third-order valence-corrected chi connectivity index (χ3v) is 5.49. The quantitative estimate of drug-likeness (QED) is 0.735. The van der Waals surface area contributed by atoms with Crippen molar-refractivity contribution in [2.75, 3.05) is 26.7 Å². The molecule has 2 aromatic rings. The van der Waals surface area contributed by atoms with Crippen LogP contribution in [0.15, 0.2) is 48.5 Å². The van der Waals surface area contributed by atoms with Crippen molar-refractivity contribution in [3.63, 3.8) is 0 Å². The number of ether oxygens (including phenoxy) is 1. The van der Waals surface area contributed by atoms with E-state index in [1.807, 2.05) is 48.5 Å². The number of Topliss-reactive ketones (excluding diaryl/α,β-unsaturated/α-hetero) is 1. The molecule has 2 N–H and O–H groups in total. The monoisotopic (exact) mass is 386 g/mol. The minimum absolute atomic E-state index is 0.0833. The van der Waals surface area contributed by atoms with Crippen molar-refractivity contribution < 1.29 is 9.53 Å². The highest BCUT2D eigenvalue weighted by Gasteiger charge is 2.26. The predicted octanol–water partition coefficient (Wildman–Crippen LogP) is 3.81. The van der Waals surface area contributed by atoms with Crippen LogP contribution in [-0.4, -0.2) is 43.5 Å². The predicted molar refractivity (Wildman–Crippen MR) is 110 cm³/mol. The van der Waals surface area contributed by atoms with Gasteiger partial charge in [-0.05, 0) is 74.3 Å². The summed E-state index contributed by atoms with van der Waals surface area (Å²) in [5.41, 5.74) is 8.31. The maximum Gasteiger partial charge on any atom is 0.166 e. The van der Waals surface area contributed by atoms with Crippen LogP contribution < -0.4 is 10.5 Å². The molecular formula is C22H27ClN2O2. The maximum absolute atomic E-state index is 12.7. The number of hydrogen-bond acceptors (Lipinski definition) is 4. The molecule has 27 heavy (non-hydrogen) atoms. The summed E-state index contributed by atoms with van der Waals surface area (Å²) in [6.45, 7) is 2.69. The van der Waals surface area contributed by atoms with E-state index in [1.54, 1.807) is 7.11 Å². The summed E-state index contributed by atoms with van der Waals surface area (Å²) in [5.74, 6) is 1.11. The topological polar surface area (TPSA) is 55.6 Å². The third kappa shape index (κ3) is 5.55. The van der Waals surface area contributed by atoms with Crippen LogP contribution in [0.4, 0.5) is 0 Å². The summed E-state index contributed by atoms with van der Waals surface area (Å²) in [6, 6.07) is 15.4. The van der Waals surface area contributed by atoms with Crippen molar-refractivity contribution in [1.29, 1.82) is 0 Å². The van der Waals surface area contributed by atoms with Crippen LogP contribution in [0.1, 0.15) is 28.8 Å². The number of methoxy groups -OCH3 is 1. The lowest BCUT2D eigenvalue weighted by molar-refractivity contribution is 0.0836. The van der Waals surface area contributed by atoms with Gasteiger partial charge in [-0.15, -0.1) is 0 Å². The molecule has 0 spiro atoms. The molecule has 0 aliphatic carbocycles. The third-order valence-electron chi connectivity index (χ3n) is 5.24. The van der Waals surface area contributed by atoms with E-state index in [-0.39, 0.29) is 17.7 Å². The van der Waals surface area contributed by atoms with Gasteiger partial charge in [-0.3, -0.25) is 4.79 Å². The Morgan fingerprint density at radius 3 is 2.37 bits per heavy atom. The first-order valence-electron chi connectivity index (χ1n) is 9.46. The van der Waals surface area contributed by atoms with E-state index < -0.39 is 0 Å². The molecule has 144 valence electrons. The zero-order valence-electron chi connectivity index (χ0n) is 15.7. The molecule has 1 saturated heterocycles. The number of benzene rings is 2. The normalized spacial score (nSPS) is 16.9. The number of likely N-dealkylation sites (tertiary alicyclic amines) is 1. The smallest absolute Gasteiger partial charge is 0.166 e. The van der Waals surface area contributed by atoms with Crippen LogP contribution in [0.2, 0.25) is 5.02 Å². The Bertz CT molecular complexity index is 738. The molecule has 0 radical (unpaired) electrons. The van der Waals surface area contributed by atoms with Gasteiger partial charge in [-0.1, -0.05) is 23.7 Å². The maximum atomic E-state index is 12.7. The molecule has 5 heteroatoms. The number of nitrogens with two attached hydrogens (primary N) is 1. The number of carbonyl (C=O) groups excluding carboxylic acids is 1. The average Bonchev–Trinajstić information content (AvgIpc) is 2.70. The molecule has 3 rings (SSSR count). The largest absolute Gasteiger partial charge is 0.497 e. The first-order valence-corrected chi connectivity index (χ1v) is 9.83. The summed E-state index contributed by atoms with van der Waals surface area (Å²) < 4.78 is 5.16. The molecule has 1 atom stereocenters. The van der Waals surface area contributed by atoms with Crippen LogP contribution in [0.25, 0.3) is 0 Å². The summed E-state index contributed by atoms with van der Waals surface area (Å²) >= 11 is 5.93. The van der Waals surface area contributed by atoms with E-state index in [0.717, 1.165) is 55.2 Å². The standard InChI is InChI=1S/C22H27ClN2O2/c1-27-21-8-4-17(5-9-21)22(26)18-10-12-25(13-11-18)15-20(24)14-16-2-6-19(23)7-3-16/h2-9,18,20H,10-15,24H2,1H3. The number of piperidine rings is 1. The van der Waals surface area contributed by atoms with Crippen molar-refractivity contribution >= 4 is 17.4 Å². The molecule has 1 aliphatic heterocycles. The van der Waals surface area contributed by atoms with Gasteiger partial charge in [0.05, 0.1) is 7.11 Å². The SMILES string of the molecule is COc1ccc(C(=O)C2CCN(CC(N)Cc3ccc(Cl)cc3)CC2)cc1. The number of carbonyl (C=O) groups is 1. The molecule has 0 aromatic heterocycles. The molecule has 1 aliphatic rings. The average molecular weight is 387 g/mol. The Hall–Kier alpha value is -1.88. The number of ketones is 1. The number of hydrogen-bond donors (Lipinski definition) is 1. The van der Waals surface area contributed by atoms with Gasteiger partial charge in [0.25, 0.3) is 0 Å². The van der Waals surface area contributed by atoms with Gasteiger partial charge >= 0.3 is 0 Å². The summed E-state index contributed by atoms with van der Waals surface area (Å²) in [7, 11) is 1.63. The van der Waals surface area contributed by atoms with Crippen molar-refractivity contribution in [3.8, 4) is 5.75 Å². The highest BCUT2D eigenvalue weighted by Crippen LogP contribution is 2.23. The number of nitrogens with zero attached hydrogens (tertiary/aromatic N) is 1. The van der Waals surface area contributed by atoms with Gasteiger partial charge in [0.1, 0.15) is 5.75 Å². The van der Waals surface area contributed by atoms with Gasteiger partial charge in [0.15, 0.2) is 5.78 Å². The number of halogens is 1. The van der Waals surface area contributed by atoms with E-state index in [2.05, 4.69) is 4.90 Å². The Morgan fingerprint density at radius 2 is 1.78 bits per heavy atom. The minimum Gasteiger partial charge on any atom is -0.497 e. The van der Waals surface area contributed by atoms with E-state index in [4.69, 9.17) is 22.1 Å². The molecule has 0 bridgehead atoms. The fourth-order valence-electron chi connectivity index (χ4n) is 3.69. The van der Waals surface area contributed by atoms with Crippen molar-refractivity contribution in [2.45, 2.75) is 25.3 Å². The first-order chi connectivity index (χ1) is 13.0. The van der Waals surface area contributed by atoms with E-state index in [0.29, 0.717) is 0 Å². The minimum atomic E-state index is 0.0833. The molecule has 1 unspecified atom stereocenters. The van der Waals surface area contributed by atoms with E-state index in [1.165, 1.54) is 5.56 Å². The van der Waals surface area contributed by atoms with Crippen molar-refractivity contribution in [2.24, 2.45) is 11.7 Å². The van der Waals surface area contributed by atoms with Crippen LogP contribution >= 0.6 is 11.6 Å². The molecule has 1 fully saturated rings. The fraction of sp³-hybridized carbons (Fsp3) is 0.409. The second-order valence-electron chi connectivity index (χ2n) is 7.26. The lowest BCUT2D eigenvalue weighted by Crippen LogP contribution is -2.43. The molecule has 4 nitrogen and oxygen atoms in total. The Kier molecular flexibility index (Phi) is 6.89. The van der Waals surface area contributed by atoms with Crippen molar-refractivity contribution in [3.05, 3.63) is 64.7 Å². The summed E-state index contributed by atoms with van der Waals surface area (Å²) in [4.78, 5) is 15.1. The molecule has 0 amide bonds. The lowest BCUT2D eigenvalue weighted by Gasteiger charge is -2.33. The Labute approximate surface area is 166 Å². The van der Waals surface area contributed by atoms with E-state index >= 15 is 0 Å². The molecule has 1 heterocycles. The van der Waals surface area contributed by atoms with Gasteiger partial charge in [0, 0.05) is 29.1 Å². The molecule has 0 saturated carbocycles. The van der Waals surface area contributed by atoms with Crippen LogP contribution in [0, 0.1) is 5.92 Å². The van der Waals surface area contributed by atoms with Crippen LogP contribution in [0.5, 0.6) is 5.75 Å². The van der Waals surface area contributed by atoms with Gasteiger partial charge in [0.2, 0.25) is 0 Å². The summed E-state index contributed by atoms with van der Waals surface area (Å²) in [6.07, 6.45) is 2.61. The van der Waals surface area contributed by atoms with Crippen LogP contribution in [0.3, 0.4) is 0 Å².